The normalized spacial score (nSPS) is 25.8. The van der Waals surface area contributed by atoms with E-state index in [1.54, 1.807) is 6.07 Å². The fourth-order valence-electron chi connectivity index (χ4n) is 4.97. The first kappa shape index (κ1) is 17.6. The van der Waals surface area contributed by atoms with Crippen LogP contribution in [0.5, 0.6) is 0 Å². The highest BCUT2D eigenvalue weighted by Gasteiger charge is 2.44. The van der Waals surface area contributed by atoms with Gasteiger partial charge in [0, 0.05) is 18.5 Å². The lowest BCUT2D eigenvalue weighted by molar-refractivity contribution is -0.137. The molecule has 1 aliphatic heterocycles. The molecule has 0 saturated carbocycles. The molecular formula is C22H24F3N. The van der Waals surface area contributed by atoms with E-state index in [1.165, 1.54) is 17.7 Å². The Morgan fingerprint density at radius 1 is 1.08 bits per heavy atom. The van der Waals surface area contributed by atoms with Crippen LogP contribution < -0.4 is 0 Å². The fourth-order valence-corrected chi connectivity index (χ4v) is 4.97. The average molecular weight is 359 g/mol. The largest absolute Gasteiger partial charge is 0.416 e. The van der Waals surface area contributed by atoms with Gasteiger partial charge in [-0.15, -0.1) is 0 Å². The maximum absolute atomic E-state index is 13.0. The number of likely N-dealkylation sites (tertiary alicyclic amines) is 1. The molecule has 4 rings (SSSR count). The summed E-state index contributed by atoms with van der Waals surface area (Å²) in [7, 11) is 0. The smallest absolute Gasteiger partial charge is 0.299 e. The van der Waals surface area contributed by atoms with E-state index in [1.807, 2.05) is 6.07 Å². The van der Waals surface area contributed by atoms with Crippen molar-refractivity contribution in [3.8, 4) is 0 Å². The Morgan fingerprint density at radius 3 is 2.54 bits per heavy atom. The number of benzene rings is 2. The van der Waals surface area contributed by atoms with Crippen molar-refractivity contribution in [3.05, 3.63) is 70.8 Å². The summed E-state index contributed by atoms with van der Waals surface area (Å²) < 4.78 is 39.1. The second kappa shape index (κ2) is 6.73. The summed E-state index contributed by atoms with van der Waals surface area (Å²) in [5, 5.41) is 0. The molecule has 0 spiro atoms. The number of likely N-dealkylation sites (N-methyl/N-ethyl adjacent to an activating group) is 1. The van der Waals surface area contributed by atoms with Crippen LogP contribution in [0.15, 0.2) is 48.5 Å². The predicted molar refractivity (Wildman–Crippen MR) is 97.2 cm³/mol. The third-order valence-electron chi connectivity index (χ3n) is 6.22. The van der Waals surface area contributed by atoms with Crippen molar-refractivity contribution in [2.24, 2.45) is 5.92 Å². The number of aryl methyl sites for hydroxylation is 1. The second-order valence-corrected chi connectivity index (χ2v) is 7.57. The van der Waals surface area contributed by atoms with Gasteiger partial charge in [-0.05, 0) is 60.5 Å². The van der Waals surface area contributed by atoms with Crippen molar-refractivity contribution in [2.45, 2.75) is 44.3 Å². The lowest BCUT2D eigenvalue weighted by Crippen LogP contribution is -2.35. The maximum atomic E-state index is 13.0. The molecule has 0 bridgehead atoms. The molecule has 2 aromatic rings. The van der Waals surface area contributed by atoms with E-state index in [-0.39, 0.29) is 0 Å². The Morgan fingerprint density at radius 2 is 1.85 bits per heavy atom. The zero-order valence-corrected chi connectivity index (χ0v) is 15.0. The third kappa shape index (κ3) is 3.16. The lowest BCUT2D eigenvalue weighted by atomic mass is 9.73. The number of halogens is 3. The lowest BCUT2D eigenvalue weighted by Gasteiger charge is -2.32. The van der Waals surface area contributed by atoms with Crippen LogP contribution >= 0.6 is 0 Å². The maximum Gasteiger partial charge on any atom is 0.416 e. The first-order valence-electron chi connectivity index (χ1n) is 9.45. The molecule has 1 heterocycles. The van der Waals surface area contributed by atoms with Crippen molar-refractivity contribution < 1.29 is 13.2 Å². The molecule has 4 heteroatoms. The summed E-state index contributed by atoms with van der Waals surface area (Å²) in [5.74, 6) is 0.883. The molecule has 3 atom stereocenters. The van der Waals surface area contributed by atoms with Crippen LogP contribution in [-0.4, -0.2) is 24.0 Å². The zero-order chi connectivity index (χ0) is 18.3. The van der Waals surface area contributed by atoms with Crippen LogP contribution in [0.4, 0.5) is 13.2 Å². The van der Waals surface area contributed by atoms with Gasteiger partial charge in [0.25, 0.3) is 0 Å². The number of alkyl halides is 3. The monoisotopic (exact) mass is 359 g/mol. The first-order valence-corrected chi connectivity index (χ1v) is 9.45. The van der Waals surface area contributed by atoms with Crippen molar-refractivity contribution in [1.29, 1.82) is 0 Å². The second-order valence-electron chi connectivity index (χ2n) is 7.57. The van der Waals surface area contributed by atoms with E-state index in [4.69, 9.17) is 0 Å². The Bertz CT molecular complexity index is 769. The molecule has 1 aliphatic carbocycles. The molecule has 0 amide bonds. The fraction of sp³-hybridized carbons (Fsp3) is 0.455. The molecule has 2 aliphatic rings. The Kier molecular flexibility index (Phi) is 4.55. The Hall–Kier alpha value is -1.81. The highest BCUT2D eigenvalue weighted by Crippen LogP contribution is 2.46. The first-order chi connectivity index (χ1) is 12.5. The van der Waals surface area contributed by atoms with Gasteiger partial charge in [-0.1, -0.05) is 43.3 Å². The van der Waals surface area contributed by atoms with Crippen LogP contribution in [0, 0.1) is 5.92 Å². The van der Waals surface area contributed by atoms with Crippen LogP contribution in [0.3, 0.4) is 0 Å². The van der Waals surface area contributed by atoms with E-state index in [2.05, 4.69) is 36.1 Å². The molecule has 0 aromatic heterocycles. The van der Waals surface area contributed by atoms with Gasteiger partial charge in [0.15, 0.2) is 0 Å². The average Bonchev–Trinajstić information content (AvgIpc) is 2.99. The van der Waals surface area contributed by atoms with Crippen LogP contribution in [-0.2, 0) is 19.0 Å². The highest BCUT2D eigenvalue weighted by atomic mass is 19.4. The molecule has 0 radical (unpaired) electrons. The van der Waals surface area contributed by atoms with Gasteiger partial charge in [-0.3, -0.25) is 4.90 Å². The molecule has 138 valence electrons. The number of hydrogen-bond acceptors (Lipinski definition) is 1. The molecule has 1 saturated heterocycles. The van der Waals surface area contributed by atoms with Gasteiger partial charge < -0.3 is 0 Å². The third-order valence-corrected chi connectivity index (χ3v) is 6.22. The van der Waals surface area contributed by atoms with E-state index < -0.39 is 11.7 Å². The quantitative estimate of drug-likeness (QED) is 0.719. The van der Waals surface area contributed by atoms with Crippen LogP contribution in [0.25, 0.3) is 0 Å². The topological polar surface area (TPSA) is 3.24 Å². The summed E-state index contributed by atoms with van der Waals surface area (Å²) >= 11 is 0. The number of rotatable bonds is 3. The van der Waals surface area contributed by atoms with Gasteiger partial charge in [0.1, 0.15) is 0 Å². The molecule has 1 unspecified atom stereocenters. The summed E-state index contributed by atoms with van der Waals surface area (Å²) in [4.78, 5) is 2.52. The van der Waals surface area contributed by atoms with Gasteiger partial charge in [-0.2, -0.15) is 13.2 Å². The zero-order valence-electron chi connectivity index (χ0n) is 15.0. The summed E-state index contributed by atoms with van der Waals surface area (Å²) in [5.41, 5.74) is 2.87. The summed E-state index contributed by atoms with van der Waals surface area (Å²) in [6.07, 6.45) is -1.51. The molecule has 1 nitrogen and oxygen atoms in total. The van der Waals surface area contributed by atoms with E-state index in [0.29, 0.717) is 17.9 Å². The Labute approximate surface area is 152 Å². The molecule has 2 aromatic carbocycles. The standard InChI is InChI=1S/C22H24F3N/c1-2-26-14-20-18-11-9-17(22(23,24)25)13-16(18)8-10-19(20)21(26)12-15-6-4-3-5-7-15/h3-7,9,11,13,19-21H,2,8,10,12,14H2,1H3/t19?,20-,21-/m1/s1. The number of hydrogen-bond donors (Lipinski definition) is 0. The van der Waals surface area contributed by atoms with E-state index in [9.17, 15) is 13.2 Å². The van der Waals surface area contributed by atoms with Gasteiger partial charge in [0.05, 0.1) is 5.56 Å². The molecular weight excluding hydrogens is 335 g/mol. The van der Waals surface area contributed by atoms with Crippen molar-refractivity contribution in [2.75, 3.05) is 13.1 Å². The SMILES string of the molecule is CCN1C[C@@H]2c3ccc(C(F)(F)F)cc3CCC2[C@H]1Cc1ccccc1. The van der Waals surface area contributed by atoms with Crippen molar-refractivity contribution >= 4 is 0 Å². The minimum atomic E-state index is -4.26. The molecule has 1 fully saturated rings. The van der Waals surface area contributed by atoms with Crippen LogP contribution in [0.1, 0.15) is 41.5 Å². The molecule has 0 N–H and O–H groups in total. The number of fused-ring (bicyclic) bond motifs is 3. The van der Waals surface area contributed by atoms with Gasteiger partial charge in [0.2, 0.25) is 0 Å². The van der Waals surface area contributed by atoms with Crippen molar-refractivity contribution in [1.82, 2.24) is 4.90 Å². The summed E-state index contributed by atoms with van der Waals surface area (Å²) in [6.45, 7) is 4.13. The summed E-state index contributed by atoms with van der Waals surface area (Å²) in [6, 6.07) is 15.4. The van der Waals surface area contributed by atoms with Crippen molar-refractivity contribution in [3.63, 3.8) is 0 Å². The van der Waals surface area contributed by atoms with E-state index in [0.717, 1.165) is 43.5 Å². The van der Waals surface area contributed by atoms with Crippen LogP contribution in [0.2, 0.25) is 0 Å². The van der Waals surface area contributed by atoms with Gasteiger partial charge >= 0.3 is 6.18 Å². The Balaban J connectivity index is 1.62. The highest BCUT2D eigenvalue weighted by molar-refractivity contribution is 5.40. The minimum Gasteiger partial charge on any atom is -0.299 e. The van der Waals surface area contributed by atoms with Gasteiger partial charge in [-0.25, -0.2) is 0 Å². The predicted octanol–water partition coefficient (Wildman–Crippen LogP) is 5.30. The van der Waals surface area contributed by atoms with E-state index >= 15 is 0 Å². The molecule has 26 heavy (non-hydrogen) atoms. The minimum absolute atomic E-state index is 0.356. The number of nitrogens with zero attached hydrogens (tertiary/aromatic N) is 1.